The van der Waals surface area contributed by atoms with Crippen LogP contribution in [0.4, 0.5) is 0 Å². The monoisotopic (exact) mass is 175 g/mol. The van der Waals surface area contributed by atoms with Crippen LogP contribution in [0, 0.1) is 0 Å². The molecule has 4 heteroatoms. The fraction of sp³-hybridized carbons (Fsp3) is 0.857. The Balaban J connectivity index is 2.38. The molecule has 1 amide bonds. The van der Waals surface area contributed by atoms with Crippen LogP contribution in [0.5, 0.6) is 0 Å². The Hall–Kier alpha value is -0.220. The van der Waals surface area contributed by atoms with Crippen molar-refractivity contribution in [1.82, 2.24) is 5.32 Å². The molecule has 0 aromatic heterocycles. The summed E-state index contributed by atoms with van der Waals surface area (Å²) in [7, 11) is 0. The Bertz CT molecular complexity index is 151. The first kappa shape index (κ1) is 8.87. The third-order valence-electron chi connectivity index (χ3n) is 2.16. The van der Waals surface area contributed by atoms with Crippen molar-refractivity contribution in [3.63, 3.8) is 0 Å². The zero-order chi connectivity index (χ0) is 8.32. The van der Waals surface area contributed by atoms with E-state index in [4.69, 9.17) is 5.11 Å². The van der Waals surface area contributed by atoms with Gasteiger partial charge in [-0.2, -0.15) is 12.6 Å². The zero-order valence-corrected chi connectivity index (χ0v) is 7.23. The predicted octanol–water partition coefficient (Wildman–Crippen LogP) is -0.0526. The van der Waals surface area contributed by atoms with Gasteiger partial charge in [-0.3, -0.25) is 4.79 Å². The van der Waals surface area contributed by atoms with Gasteiger partial charge < -0.3 is 10.4 Å². The van der Waals surface area contributed by atoms with Gasteiger partial charge in [-0.1, -0.05) is 0 Å². The Morgan fingerprint density at radius 2 is 2.27 bits per heavy atom. The van der Waals surface area contributed by atoms with E-state index in [1.165, 1.54) is 0 Å². The SMILES string of the molecule is O=C(CS)NC1(CO)CCC1. The van der Waals surface area contributed by atoms with E-state index in [2.05, 4.69) is 17.9 Å². The number of rotatable bonds is 3. The zero-order valence-electron chi connectivity index (χ0n) is 6.34. The van der Waals surface area contributed by atoms with Gasteiger partial charge in [-0.05, 0) is 19.3 Å². The predicted molar refractivity (Wildman–Crippen MR) is 45.7 cm³/mol. The molecule has 64 valence electrons. The van der Waals surface area contributed by atoms with Crippen LogP contribution in [0.2, 0.25) is 0 Å². The Morgan fingerprint density at radius 1 is 1.64 bits per heavy atom. The van der Waals surface area contributed by atoms with E-state index in [-0.39, 0.29) is 23.8 Å². The minimum absolute atomic E-state index is 0.0481. The largest absolute Gasteiger partial charge is 0.394 e. The second-order valence-corrected chi connectivity index (χ2v) is 3.31. The molecule has 2 N–H and O–H groups in total. The first-order valence-electron chi connectivity index (χ1n) is 3.75. The van der Waals surface area contributed by atoms with Gasteiger partial charge in [-0.15, -0.1) is 0 Å². The van der Waals surface area contributed by atoms with Crippen molar-refractivity contribution in [3.05, 3.63) is 0 Å². The molecule has 0 bridgehead atoms. The molecule has 11 heavy (non-hydrogen) atoms. The Labute approximate surface area is 71.6 Å². The van der Waals surface area contributed by atoms with Gasteiger partial charge in [0.15, 0.2) is 0 Å². The summed E-state index contributed by atoms with van der Waals surface area (Å²) >= 11 is 3.84. The van der Waals surface area contributed by atoms with Gasteiger partial charge in [0.25, 0.3) is 0 Å². The van der Waals surface area contributed by atoms with Gasteiger partial charge in [0.05, 0.1) is 17.9 Å². The summed E-state index contributed by atoms with van der Waals surface area (Å²) < 4.78 is 0. The standard InChI is InChI=1S/C7H13NO2S/c9-5-7(2-1-3-7)8-6(10)4-11/h9,11H,1-5H2,(H,8,10). The van der Waals surface area contributed by atoms with Crippen molar-refractivity contribution in [1.29, 1.82) is 0 Å². The molecule has 0 heterocycles. The number of carbonyl (C=O) groups excluding carboxylic acids is 1. The molecule has 0 aromatic rings. The highest BCUT2D eigenvalue weighted by molar-refractivity contribution is 7.81. The number of thiol groups is 1. The summed E-state index contributed by atoms with van der Waals surface area (Å²) in [4.78, 5) is 10.9. The number of hydrogen-bond donors (Lipinski definition) is 3. The van der Waals surface area contributed by atoms with Crippen molar-refractivity contribution in [2.45, 2.75) is 24.8 Å². The molecule has 0 radical (unpaired) electrons. The van der Waals surface area contributed by atoms with Crippen LogP contribution in [-0.2, 0) is 4.79 Å². The number of nitrogens with one attached hydrogen (secondary N) is 1. The highest BCUT2D eigenvalue weighted by Crippen LogP contribution is 2.30. The van der Waals surface area contributed by atoms with Crippen molar-refractivity contribution in [3.8, 4) is 0 Å². The van der Waals surface area contributed by atoms with Gasteiger partial charge in [-0.25, -0.2) is 0 Å². The topological polar surface area (TPSA) is 49.3 Å². The molecular weight excluding hydrogens is 162 g/mol. The molecule has 0 aliphatic heterocycles. The fourth-order valence-electron chi connectivity index (χ4n) is 1.26. The molecule has 1 fully saturated rings. The van der Waals surface area contributed by atoms with Gasteiger partial charge in [0.1, 0.15) is 0 Å². The van der Waals surface area contributed by atoms with Crippen LogP contribution in [0.3, 0.4) is 0 Å². The summed E-state index contributed by atoms with van der Waals surface area (Å²) in [5, 5.41) is 11.7. The molecule has 0 aromatic carbocycles. The lowest BCUT2D eigenvalue weighted by Crippen LogP contribution is -2.56. The molecule has 0 spiro atoms. The van der Waals surface area contributed by atoms with E-state index in [1.54, 1.807) is 0 Å². The lowest BCUT2D eigenvalue weighted by molar-refractivity contribution is -0.122. The summed E-state index contributed by atoms with van der Waals surface area (Å²) in [6.07, 6.45) is 2.87. The normalized spacial score (nSPS) is 20.5. The van der Waals surface area contributed by atoms with E-state index in [9.17, 15) is 4.79 Å². The molecule has 0 saturated heterocycles. The number of carbonyl (C=O) groups is 1. The Morgan fingerprint density at radius 3 is 2.55 bits per heavy atom. The first-order valence-corrected chi connectivity index (χ1v) is 4.38. The van der Waals surface area contributed by atoms with Crippen molar-refractivity contribution >= 4 is 18.5 Å². The van der Waals surface area contributed by atoms with E-state index in [0.29, 0.717) is 0 Å². The smallest absolute Gasteiger partial charge is 0.230 e. The second-order valence-electron chi connectivity index (χ2n) is 3.00. The molecule has 1 saturated carbocycles. The van der Waals surface area contributed by atoms with Gasteiger partial charge in [0.2, 0.25) is 5.91 Å². The average Bonchev–Trinajstić information content (AvgIpc) is 1.96. The lowest BCUT2D eigenvalue weighted by atomic mass is 9.77. The fourth-order valence-corrected chi connectivity index (χ4v) is 1.34. The molecule has 1 aliphatic carbocycles. The van der Waals surface area contributed by atoms with E-state index < -0.39 is 0 Å². The van der Waals surface area contributed by atoms with E-state index in [0.717, 1.165) is 19.3 Å². The molecule has 0 unspecified atom stereocenters. The number of amides is 1. The van der Waals surface area contributed by atoms with Crippen LogP contribution in [0.15, 0.2) is 0 Å². The average molecular weight is 175 g/mol. The molecular formula is C7H13NO2S. The van der Waals surface area contributed by atoms with Gasteiger partial charge >= 0.3 is 0 Å². The third-order valence-corrected chi connectivity index (χ3v) is 2.45. The summed E-state index contributed by atoms with van der Waals surface area (Å²) in [5.74, 6) is 0.101. The quantitative estimate of drug-likeness (QED) is 0.527. The molecule has 1 aliphatic rings. The van der Waals surface area contributed by atoms with Crippen LogP contribution in [0.1, 0.15) is 19.3 Å². The number of hydrogen-bond acceptors (Lipinski definition) is 3. The van der Waals surface area contributed by atoms with Crippen LogP contribution in [-0.4, -0.2) is 28.9 Å². The minimum Gasteiger partial charge on any atom is -0.394 e. The Kier molecular flexibility index (Phi) is 2.78. The highest BCUT2D eigenvalue weighted by atomic mass is 32.1. The first-order chi connectivity index (χ1) is 5.22. The van der Waals surface area contributed by atoms with E-state index >= 15 is 0 Å². The van der Waals surface area contributed by atoms with Crippen LogP contribution < -0.4 is 5.32 Å². The maximum absolute atomic E-state index is 10.9. The highest BCUT2D eigenvalue weighted by Gasteiger charge is 2.37. The minimum atomic E-state index is -0.306. The second kappa shape index (κ2) is 3.45. The molecule has 0 atom stereocenters. The summed E-state index contributed by atoms with van der Waals surface area (Å²) in [6.45, 7) is 0.0481. The maximum atomic E-state index is 10.9. The number of aliphatic hydroxyl groups is 1. The van der Waals surface area contributed by atoms with Crippen molar-refractivity contribution in [2.75, 3.05) is 12.4 Å². The van der Waals surface area contributed by atoms with Crippen LogP contribution in [0.25, 0.3) is 0 Å². The van der Waals surface area contributed by atoms with Crippen molar-refractivity contribution in [2.24, 2.45) is 0 Å². The van der Waals surface area contributed by atoms with Crippen LogP contribution >= 0.6 is 12.6 Å². The third kappa shape index (κ3) is 1.87. The van der Waals surface area contributed by atoms with Gasteiger partial charge in [0, 0.05) is 0 Å². The molecule has 1 rings (SSSR count). The van der Waals surface area contributed by atoms with E-state index in [1.807, 2.05) is 0 Å². The number of aliphatic hydroxyl groups excluding tert-OH is 1. The van der Waals surface area contributed by atoms with Crippen molar-refractivity contribution < 1.29 is 9.90 Å². The molecule has 3 nitrogen and oxygen atoms in total. The maximum Gasteiger partial charge on any atom is 0.230 e. The summed E-state index contributed by atoms with van der Waals surface area (Å²) in [5.41, 5.74) is -0.306. The summed E-state index contributed by atoms with van der Waals surface area (Å²) in [6, 6.07) is 0. The lowest BCUT2D eigenvalue weighted by Gasteiger charge is -2.40.